The van der Waals surface area contributed by atoms with E-state index in [1.54, 1.807) is 33.5 Å². The molecule has 1 atom stereocenters. The minimum absolute atomic E-state index is 0.00164. The molecule has 1 aliphatic carbocycles. The van der Waals surface area contributed by atoms with Gasteiger partial charge in [-0.2, -0.15) is 0 Å². The van der Waals surface area contributed by atoms with Gasteiger partial charge in [-0.1, -0.05) is 41.1 Å². The van der Waals surface area contributed by atoms with Gasteiger partial charge in [0.25, 0.3) is 5.91 Å². The largest absolute Gasteiger partial charge is 0.496 e. The van der Waals surface area contributed by atoms with Gasteiger partial charge in [0, 0.05) is 45.1 Å². The van der Waals surface area contributed by atoms with Crippen LogP contribution in [0.2, 0.25) is 0 Å². The van der Waals surface area contributed by atoms with E-state index in [1.807, 2.05) is 25.1 Å². The van der Waals surface area contributed by atoms with Gasteiger partial charge in [0.05, 0.1) is 37.5 Å². The van der Waals surface area contributed by atoms with E-state index in [0.29, 0.717) is 57.6 Å². The second kappa shape index (κ2) is 10.3. The lowest BCUT2D eigenvalue weighted by molar-refractivity contribution is -0.118. The lowest BCUT2D eigenvalue weighted by atomic mass is 9.68. The summed E-state index contributed by atoms with van der Waals surface area (Å²) in [4.78, 5) is 32.3. The Kier molecular flexibility index (Phi) is 7.19. The van der Waals surface area contributed by atoms with Crippen LogP contribution in [0.4, 0.5) is 5.13 Å². The number of carbonyl (C=O) groups is 2. The van der Waals surface area contributed by atoms with E-state index in [9.17, 15) is 9.59 Å². The van der Waals surface area contributed by atoms with E-state index in [-0.39, 0.29) is 17.1 Å². The number of halogens is 1. The van der Waals surface area contributed by atoms with E-state index < -0.39 is 5.92 Å². The fourth-order valence-electron chi connectivity index (χ4n) is 5.45. The molecule has 0 radical (unpaired) electrons. The Hall–Kier alpha value is -3.37. The summed E-state index contributed by atoms with van der Waals surface area (Å²) in [6.45, 7) is 6.02. The van der Waals surface area contributed by atoms with E-state index in [2.05, 4.69) is 45.4 Å². The summed E-state index contributed by atoms with van der Waals surface area (Å²) >= 11 is 4.86. The zero-order chi connectivity index (χ0) is 28.1. The average Bonchev–Trinajstić information content (AvgIpc) is 3.27. The van der Waals surface area contributed by atoms with Crippen LogP contribution in [0.1, 0.15) is 45.1 Å². The van der Waals surface area contributed by atoms with Crippen molar-refractivity contribution in [2.45, 2.75) is 39.5 Å². The Balaban J connectivity index is 1.65. The molecule has 0 saturated carbocycles. The number of fused-ring (bicyclic) bond motifs is 1. The van der Waals surface area contributed by atoms with Gasteiger partial charge in [-0.25, -0.2) is 4.98 Å². The molecule has 0 saturated heterocycles. The highest BCUT2D eigenvalue weighted by Gasteiger charge is 2.44. The number of thiazole rings is 1. The summed E-state index contributed by atoms with van der Waals surface area (Å²) in [6.07, 6.45) is 1.06. The third-order valence-corrected chi connectivity index (χ3v) is 8.55. The maximum Gasteiger partial charge on any atom is 0.256 e. The van der Waals surface area contributed by atoms with Crippen molar-refractivity contribution < 1.29 is 23.8 Å². The molecule has 1 unspecified atom stereocenters. The number of dihydropyridines is 1. The summed E-state index contributed by atoms with van der Waals surface area (Å²) in [5.41, 5.74) is 3.72. The number of methoxy groups -OCH3 is 3. The standard InChI is InChI=1S/C29H30BrN3O5S/c1-14-24(27(35)33-28-32-17-9-15(30)7-8-23(17)39-28)25(26-18(31-14)12-29(2,3)13-19(26)34)16-10-21(37-5)22(38-6)11-20(16)36-4/h7-11,25,31H,12-13H2,1-6H3,(H,32,33,35). The van der Waals surface area contributed by atoms with Crippen molar-refractivity contribution in [1.29, 1.82) is 0 Å². The number of nitrogens with one attached hydrogen (secondary N) is 2. The smallest absolute Gasteiger partial charge is 0.256 e. The normalized spacial score (nSPS) is 18.5. The summed E-state index contributed by atoms with van der Waals surface area (Å²) < 4.78 is 18.7. The molecule has 1 aliphatic heterocycles. The minimum atomic E-state index is -0.678. The van der Waals surface area contributed by atoms with Crippen molar-refractivity contribution in [3.05, 3.63) is 62.9 Å². The Morgan fingerprint density at radius 3 is 2.46 bits per heavy atom. The summed E-state index contributed by atoms with van der Waals surface area (Å²) in [6, 6.07) is 9.32. The van der Waals surface area contributed by atoms with Crippen molar-refractivity contribution >= 4 is 54.3 Å². The second-order valence-electron chi connectivity index (χ2n) is 10.5. The number of benzene rings is 2. The third-order valence-electron chi connectivity index (χ3n) is 7.10. The number of nitrogens with zero attached hydrogens (tertiary/aromatic N) is 1. The average molecular weight is 613 g/mol. The fraction of sp³-hybridized carbons (Fsp3) is 0.345. The molecule has 3 aromatic rings. The van der Waals surface area contributed by atoms with Crippen LogP contribution in [0.15, 0.2) is 57.3 Å². The van der Waals surface area contributed by atoms with Gasteiger partial charge in [0.2, 0.25) is 0 Å². The Bertz CT molecular complexity index is 1570. The molecular weight excluding hydrogens is 582 g/mol. The van der Waals surface area contributed by atoms with Crippen molar-refractivity contribution in [3.63, 3.8) is 0 Å². The SMILES string of the molecule is COc1cc(OC)c(C2C(C(=O)Nc3nc4cc(Br)ccc4s3)=C(C)NC3=C2C(=O)CC(C)(C)C3)cc1OC. The lowest BCUT2D eigenvalue weighted by Crippen LogP contribution is -2.39. The van der Waals surface area contributed by atoms with E-state index in [0.717, 1.165) is 20.4 Å². The van der Waals surface area contributed by atoms with Crippen LogP contribution in [0.3, 0.4) is 0 Å². The Labute approximate surface area is 239 Å². The second-order valence-corrected chi connectivity index (χ2v) is 12.4. The van der Waals surface area contributed by atoms with Crippen molar-refractivity contribution in [3.8, 4) is 17.2 Å². The van der Waals surface area contributed by atoms with E-state index in [4.69, 9.17) is 14.2 Å². The first kappa shape index (κ1) is 27.2. The monoisotopic (exact) mass is 611 g/mol. The first-order valence-corrected chi connectivity index (χ1v) is 14.1. The molecule has 0 fully saturated rings. The summed E-state index contributed by atoms with van der Waals surface area (Å²) in [5, 5.41) is 6.87. The predicted octanol–water partition coefficient (Wildman–Crippen LogP) is 6.33. The van der Waals surface area contributed by atoms with Crippen LogP contribution in [0.25, 0.3) is 10.2 Å². The van der Waals surface area contributed by atoms with Crippen LogP contribution in [0.5, 0.6) is 17.2 Å². The highest BCUT2D eigenvalue weighted by Crippen LogP contribution is 2.50. The molecule has 2 aliphatic rings. The van der Waals surface area contributed by atoms with Crippen LogP contribution < -0.4 is 24.8 Å². The molecule has 2 heterocycles. The number of rotatable bonds is 6. The number of anilines is 1. The van der Waals surface area contributed by atoms with Crippen molar-refractivity contribution in [1.82, 2.24) is 10.3 Å². The van der Waals surface area contributed by atoms with Crippen LogP contribution in [0, 0.1) is 5.41 Å². The first-order valence-electron chi connectivity index (χ1n) is 12.5. The molecule has 39 heavy (non-hydrogen) atoms. The number of ether oxygens (including phenoxy) is 3. The van der Waals surface area contributed by atoms with Gasteiger partial charge in [0.15, 0.2) is 22.4 Å². The number of amides is 1. The molecule has 8 nitrogen and oxygen atoms in total. The molecule has 0 spiro atoms. The van der Waals surface area contributed by atoms with Gasteiger partial charge < -0.3 is 19.5 Å². The number of allylic oxidation sites excluding steroid dienone is 3. The third kappa shape index (κ3) is 5.03. The highest BCUT2D eigenvalue weighted by molar-refractivity contribution is 9.10. The van der Waals surface area contributed by atoms with Gasteiger partial charge in [0.1, 0.15) is 5.75 Å². The van der Waals surface area contributed by atoms with Crippen LogP contribution in [-0.2, 0) is 9.59 Å². The van der Waals surface area contributed by atoms with Crippen molar-refractivity contribution in [2.75, 3.05) is 26.6 Å². The highest BCUT2D eigenvalue weighted by atomic mass is 79.9. The van der Waals surface area contributed by atoms with Crippen LogP contribution in [-0.4, -0.2) is 38.0 Å². The lowest BCUT2D eigenvalue weighted by Gasteiger charge is -2.40. The maximum absolute atomic E-state index is 14.0. The van der Waals surface area contributed by atoms with Crippen LogP contribution >= 0.6 is 27.3 Å². The fourth-order valence-corrected chi connectivity index (χ4v) is 6.64. The molecule has 5 rings (SSSR count). The summed E-state index contributed by atoms with van der Waals surface area (Å²) in [7, 11) is 4.66. The predicted molar refractivity (Wildman–Crippen MR) is 156 cm³/mol. The van der Waals surface area contributed by atoms with E-state index >= 15 is 0 Å². The van der Waals surface area contributed by atoms with Gasteiger partial charge in [-0.05, 0) is 43.0 Å². The molecule has 1 amide bonds. The quantitative estimate of drug-likeness (QED) is 0.336. The number of ketones is 1. The van der Waals surface area contributed by atoms with E-state index in [1.165, 1.54) is 11.3 Å². The Morgan fingerprint density at radius 1 is 1.08 bits per heavy atom. The Morgan fingerprint density at radius 2 is 1.77 bits per heavy atom. The zero-order valence-corrected chi connectivity index (χ0v) is 25.1. The van der Waals surface area contributed by atoms with Gasteiger partial charge in [-0.3, -0.25) is 14.9 Å². The topological polar surface area (TPSA) is 98.8 Å². The molecule has 10 heteroatoms. The van der Waals surface area contributed by atoms with Gasteiger partial charge in [-0.15, -0.1) is 0 Å². The maximum atomic E-state index is 14.0. The molecule has 204 valence electrons. The number of Topliss-reactive ketones (excluding diaryl/α,β-unsaturated/α-hetero) is 1. The number of aromatic nitrogens is 1. The number of hydrogen-bond acceptors (Lipinski definition) is 8. The summed E-state index contributed by atoms with van der Waals surface area (Å²) in [5.74, 6) is 0.439. The zero-order valence-electron chi connectivity index (χ0n) is 22.7. The number of carbonyl (C=O) groups excluding carboxylic acids is 2. The molecule has 1 aromatic heterocycles. The molecular formula is C29H30BrN3O5S. The van der Waals surface area contributed by atoms with Crippen molar-refractivity contribution in [2.24, 2.45) is 5.41 Å². The van der Waals surface area contributed by atoms with Gasteiger partial charge >= 0.3 is 0 Å². The number of hydrogen-bond donors (Lipinski definition) is 2. The minimum Gasteiger partial charge on any atom is -0.496 e. The molecule has 2 N–H and O–H groups in total. The first-order chi connectivity index (χ1) is 18.5. The molecule has 2 aromatic carbocycles. The molecule has 0 bridgehead atoms.